The molecule has 19 heavy (non-hydrogen) atoms. The Morgan fingerprint density at radius 1 is 1.47 bits per heavy atom. The normalized spacial score (nSPS) is 10.4. The van der Waals surface area contributed by atoms with Crippen LogP contribution in [0.5, 0.6) is 0 Å². The third-order valence-electron chi connectivity index (χ3n) is 2.78. The van der Waals surface area contributed by atoms with Gasteiger partial charge in [-0.05, 0) is 12.1 Å². The van der Waals surface area contributed by atoms with Crippen molar-refractivity contribution in [3.8, 4) is 0 Å². The van der Waals surface area contributed by atoms with Crippen molar-refractivity contribution in [1.29, 1.82) is 0 Å². The number of nitrogens with one attached hydrogen (secondary N) is 1. The van der Waals surface area contributed by atoms with Crippen LogP contribution >= 0.6 is 11.6 Å². The van der Waals surface area contributed by atoms with Crippen molar-refractivity contribution in [3.63, 3.8) is 0 Å². The number of nitro groups is 1. The molecule has 6 nitrogen and oxygen atoms in total. The van der Waals surface area contributed by atoms with Crippen LogP contribution in [0, 0.1) is 10.1 Å². The SMILES string of the molecule is Cn1nccc1CCNc1ccc([N+](=O)[O-])cc1Cl. The molecule has 1 heterocycles. The van der Waals surface area contributed by atoms with Gasteiger partial charge in [-0.2, -0.15) is 5.10 Å². The number of aryl methyl sites for hydroxylation is 1. The molecule has 0 radical (unpaired) electrons. The summed E-state index contributed by atoms with van der Waals surface area (Å²) in [6.07, 6.45) is 2.54. The van der Waals surface area contributed by atoms with Gasteiger partial charge in [0.2, 0.25) is 0 Å². The highest BCUT2D eigenvalue weighted by atomic mass is 35.5. The lowest BCUT2D eigenvalue weighted by Crippen LogP contribution is -2.08. The maximum absolute atomic E-state index is 10.6. The number of nitro benzene ring substituents is 1. The van der Waals surface area contributed by atoms with Crippen LogP contribution in [0.25, 0.3) is 0 Å². The lowest BCUT2D eigenvalue weighted by atomic mass is 10.2. The van der Waals surface area contributed by atoms with Gasteiger partial charge >= 0.3 is 0 Å². The molecule has 0 saturated heterocycles. The van der Waals surface area contributed by atoms with Gasteiger partial charge in [-0.25, -0.2) is 0 Å². The van der Waals surface area contributed by atoms with E-state index in [1.807, 2.05) is 13.1 Å². The van der Waals surface area contributed by atoms with Gasteiger partial charge in [0.05, 0.1) is 15.6 Å². The molecular formula is C12H13ClN4O2. The van der Waals surface area contributed by atoms with Crippen molar-refractivity contribution >= 4 is 23.0 Å². The number of halogens is 1. The molecule has 0 bridgehead atoms. The van der Waals surface area contributed by atoms with Crippen LogP contribution in [-0.4, -0.2) is 21.2 Å². The van der Waals surface area contributed by atoms with E-state index in [2.05, 4.69) is 10.4 Å². The van der Waals surface area contributed by atoms with E-state index in [4.69, 9.17) is 11.6 Å². The van der Waals surface area contributed by atoms with E-state index in [0.717, 1.165) is 12.1 Å². The molecule has 2 rings (SSSR count). The van der Waals surface area contributed by atoms with E-state index in [1.54, 1.807) is 16.9 Å². The minimum atomic E-state index is -0.467. The first-order valence-corrected chi connectivity index (χ1v) is 6.10. The summed E-state index contributed by atoms with van der Waals surface area (Å²) in [5.74, 6) is 0. The van der Waals surface area contributed by atoms with Crippen molar-refractivity contribution in [1.82, 2.24) is 9.78 Å². The van der Waals surface area contributed by atoms with E-state index in [1.165, 1.54) is 12.1 Å². The van der Waals surface area contributed by atoms with Gasteiger partial charge in [-0.15, -0.1) is 0 Å². The summed E-state index contributed by atoms with van der Waals surface area (Å²) >= 11 is 5.98. The summed E-state index contributed by atoms with van der Waals surface area (Å²) in [6.45, 7) is 0.678. The lowest BCUT2D eigenvalue weighted by Gasteiger charge is -2.08. The molecule has 100 valence electrons. The van der Waals surface area contributed by atoms with E-state index < -0.39 is 4.92 Å². The molecule has 1 aromatic heterocycles. The molecule has 0 saturated carbocycles. The van der Waals surface area contributed by atoms with Crippen LogP contribution in [0.15, 0.2) is 30.5 Å². The summed E-state index contributed by atoms with van der Waals surface area (Å²) in [4.78, 5) is 10.1. The van der Waals surface area contributed by atoms with Crippen molar-refractivity contribution in [2.24, 2.45) is 7.05 Å². The molecule has 0 fully saturated rings. The molecule has 1 aromatic carbocycles. The molecule has 0 unspecified atom stereocenters. The zero-order chi connectivity index (χ0) is 13.8. The second-order valence-corrected chi connectivity index (χ2v) is 4.45. The van der Waals surface area contributed by atoms with Crippen LogP contribution in [0.4, 0.5) is 11.4 Å². The number of anilines is 1. The fourth-order valence-corrected chi connectivity index (χ4v) is 1.97. The number of non-ortho nitro benzene ring substituents is 1. The van der Waals surface area contributed by atoms with Gasteiger partial charge in [0.1, 0.15) is 0 Å². The molecule has 1 N–H and O–H groups in total. The predicted molar refractivity (Wildman–Crippen MR) is 73.5 cm³/mol. The monoisotopic (exact) mass is 280 g/mol. The zero-order valence-corrected chi connectivity index (χ0v) is 11.1. The molecule has 0 amide bonds. The summed E-state index contributed by atoms with van der Waals surface area (Å²) in [6, 6.07) is 6.33. The summed E-state index contributed by atoms with van der Waals surface area (Å²) in [5, 5.41) is 18.2. The Bertz CT molecular complexity index is 597. The maximum atomic E-state index is 10.6. The molecule has 7 heteroatoms. The molecule has 0 aliphatic heterocycles. The van der Waals surface area contributed by atoms with Crippen molar-refractivity contribution in [2.45, 2.75) is 6.42 Å². The third-order valence-corrected chi connectivity index (χ3v) is 3.10. The second kappa shape index (κ2) is 5.71. The fraction of sp³-hybridized carbons (Fsp3) is 0.250. The highest BCUT2D eigenvalue weighted by Crippen LogP contribution is 2.26. The number of hydrogen-bond acceptors (Lipinski definition) is 4. The lowest BCUT2D eigenvalue weighted by molar-refractivity contribution is -0.384. The van der Waals surface area contributed by atoms with Gasteiger partial charge in [0.15, 0.2) is 0 Å². The van der Waals surface area contributed by atoms with Crippen LogP contribution in [0.2, 0.25) is 5.02 Å². The third kappa shape index (κ3) is 3.23. The van der Waals surface area contributed by atoms with Crippen LogP contribution in [-0.2, 0) is 13.5 Å². The Hall–Kier alpha value is -2.08. The smallest absolute Gasteiger partial charge is 0.271 e. The highest BCUT2D eigenvalue weighted by molar-refractivity contribution is 6.33. The number of rotatable bonds is 5. The van der Waals surface area contributed by atoms with Crippen molar-refractivity contribution in [2.75, 3.05) is 11.9 Å². The van der Waals surface area contributed by atoms with E-state index in [9.17, 15) is 10.1 Å². The van der Waals surface area contributed by atoms with Gasteiger partial charge in [0.25, 0.3) is 5.69 Å². The van der Waals surface area contributed by atoms with E-state index >= 15 is 0 Å². The van der Waals surface area contributed by atoms with Gasteiger partial charge in [-0.1, -0.05) is 11.6 Å². The van der Waals surface area contributed by atoms with Crippen LogP contribution in [0.3, 0.4) is 0 Å². The van der Waals surface area contributed by atoms with Crippen LogP contribution < -0.4 is 5.32 Å². The Balaban J connectivity index is 1.96. The van der Waals surface area contributed by atoms with Crippen LogP contribution in [0.1, 0.15) is 5.69 Å². The van der Waals surface area contributed by atoms with E-state index in [0.29, 0.717) is 17.3 Å². The largest absolute Gasteiger partial charge is 0.383 e. The van der Waals surface area contributed by atoms with Gasteiger partial charge < -0.3 is 5.32 Å². The highest BCUT2D eigenvalue weighted by Gasteiger charge is 2.09. The summed E-state index contributed by atoms with van der Waals surface area (Å²) < 4.78 is 1.80. The Kier molecular flexibility index (Phi) is 4.01. The molecular weight excluding hydrogens is 268 g/mol. The average Bonchev–Trinajstić information content (AvgIpc) is 2.77. The summed E-state index contributed by atoms with van der Waals surface area (Å²) in [5.41, 5.74) is 1.78. The number of aromatic nitrogens is 2. The number of nitrogens with zero attached hydrogens (tertiary/aromatic N) is 3. The Labute approximate surface area is 115 Å². The molecule has 0 spiro atoms. The quantitative estimate of drug-likeness (QED) is 0.675. The molecule has 0 aliphatic rings. The summed E-state index contributed by atoms with van der Waals surface area (Å²) in [7, 11) is 1.88. The van der Waals surface area contributed by atoms with Crippen molar-refractivity contribution < 1.29 is 4.92 Å². The van der Waals surface area contributed by atoms with Gasteiger partial charge in [0, 0.05) is 44.0 Å². The van der Waals surface area contributed by atoms with Gasteiger partial charge in [-0.3, -0.25) is 14.8 Å². The Morgan fingerprint density at radius 3 is 2.84 bits per heavy atom. The standard InChI is InChI=1S/C12H13ClN4O2/c1-16-9(5-7-15-16)4-6-14-12-3-2-10(17(18)19)8-11(12)13/h2-3,5,7-8,14H,4,6H2,1H3. The number of benzene rings is 1. The molecule has 0 atom stereocenters. The second-order valence-electron chi connectivity index (χ2n) is 4.04. The first-order valence-electron chi connectivity index (χ1n) is 5.72. The molecule has 2 aromatic rings. The minimum absolute atomic E-state index is 0.0119. The van der Waals surface area contributed by atoms with E-state index in [-0.39, 0.29) is 5.69 Å². The maximum Gasteiger partial charge on any atom is 0.271 e. The molecule has 0 aliphatic carbocycles. The topological polar surface area (TPSA) is 73.0 Å². The fourth-order valence-electron chi connectivity index (χ4n) is 1.73. The average molecular weight is 281 g/mol. The first-order chi connectivity index (χ1) is 9.08. The first kappa shape index (κ1) is 13.4. The minimum Gasteiger partial charge on any atom is -0.383 e. The van der Waals surface area contributed by atoms with Crippen molar-refractivity contribution in [3.05, 3.63) is 51.3 Å². The Morgan fingerprint density at radius 2 is 2.26 bits per heavy atom. The number of hydrogen-bond donors (Lipinski definition) is 1. The predicted octanol–water partition coefficient (Wildman–Crippen LogP) is 2.64. The zero-order valence-electron chi connectivity index (χ0n) is 10.3.